The number of benzene rings is 8. The van der Waals surface area contributed by atoms with Crippen LogP contribution in [-0.4, -0.2) is 19.5 Å². The Hall–Kier alpha value is -7.63. The second-order valence-corrected chi connectivity index (χ2v) is 14.0. The van der Waals surface area contributed by atoms with Crippen LogP contribution in [0.5, 0.6) is 0 Å². The van der Waals surface area contributed by atoms with Gasteiger partial charge in [0.15, 0.2) is 17.5 Å². The lowest BCUT2D eigenvalue weighted by Crippen LogP contribution is -2.00. The molecule has 0 amide bonds. The molecule has 0 saturated carbocycles. The van der Waals surface area contributed by atoms with Crippen molar-refractivity contribution in [2.75, 3.05) is 0 Å². The molecule has 0 aliphatic heterocycles. The molecule has 0 spiro atoms. The Kier molecular flexibility index (Phi) is 7.42. The third kappa shape index (κ3) is 5.37. The lowest BCUT2D eigenvalue weighted by Gasteiger charge is -2.11. The third-order valence-corrected chi connectivity index (χ3v) is 10.7. The van der Waals surface area contributed by atoms with Crippen LogP contribution in [0.25, 0.3) is 106 Å². The summed E-state index contributed by atoms with van der Waals surface area (Å²) in [5.41, 5.74) is 12.6. The zero-order valence-corrected chi connectivity index (χ0v) is 30.2. The van der Waals surface area contributed by atoms with Gasteiger partial charge in [-0.3, -0.25) is 0 Å². The van der Waals surface area contributed by atoms with Crippen molar-refractivity contribution in [2.24, 2.45) is 0 Å². The molecular weight excluding hydrogens is 685 g/mol. The second-order valence-electron chi connectivity index (χ2n) is 14.0. The van der Waals surface area contributed by atoms with E-state index < -0.39 is 0 Å². The molecule has 11 aromatic rings. The summed E-state index contributed by atoms with van der Waals surface area (Å²) in [6, 6.07) is 67.5. The molecule has 0 unspecified atom stereocenters. The molecule has 3 aromatic heterocycles. The molecule has 0 fully saturated rings. The molecule has 0 bridgehead atoms. The average Bonchev–Trinajstić information content (AvgIpc) is 3.83. The number of hydrogen-bond acceptors (Lipinski definition) is 4. The number of aromatic nitrogens is 4. The fourth-order valence-corrected chi connectivity index (χ4v) is 8.01. The van der Waals surface area contributed by atoms with Crippen LogP contribution in [0.4, 0.5) is 0 Å². The van der Waals surface area contributed by atoms with Crippen molar-refractivity contribution in [1.29, 1.82) is 0 Å². The van der Waals surface area contributed by atoms with Crippen LogP contribution in [0.3, 0.4) is 0 Å². The van der Waals surface area contributed by atoms with Crippen molar-refractivity contribution < 1.29 is 4.42 Å². The highest BCUT2D eigenvalue weighted by Gasteiger charge is 2.17. The topological polar surface area (TPSA) is 56.7 Å². The van der Waals surface area contributed by atoms with E-state index in [1.165, 1.54) is 21.9 Å². The zero-order chi connectivity index (χ0) is 37.0. The Morgan fingerprint density at radius 1 is 0.339 bits per heavy atom. The smallest absolute Gasteiger partial charge is 0.164 e. The minimum Gasteiger partial charge on any atom is -0.456 e. The van der Waals surface area contributed by atoms with Crippen molar-refractivity contribution >= 4 is 43.7 Å². The molecular formula is C51H32N4O. The standard InChI is InChI=1S/C51H32N4O/c1-3-13-34(14-4-1)49-52-50(35-15-5-2-6-16-35)54-51(53-49)38-18-11-17-36(31-38)33-25-28-39(29-26-33)55-44-22-9-7-19-41(44)43-32-37(27-30-45(43)55)40-21-12-24-47-48(40)42-20-8-10-23-46(42)56-47/h1-32H. The molecule has 0 N–H and O–H groups in total. The van der Waals surface area contributed by atoms with Gasteiger partial charge in [-0.05, 0) is 70.8 Å². The number of furan rings is 1. The zero-order valence-electron chi connectivity index (χ0n) is 30.2. The van der Waals surface area contributed by atoms with Gasteiger partial charge < -0.3 is 8.98 Å². The van der Waals surface area contributed by atoms with E-state index in [0.717, 1.165) is 66.5 Å². The van der Waals surface area contributed by atoms with Gasteiger partial charge in [0, 0.05) is 43.9 Å². The molecule has 262 valence electrons. The van der Waals surface area contributed by atoms with E-state index in [2.05, 4.69) is 126 Å². The molecule has 3 heterocycles. The molecule has 5 nitrogen and oxygen atoms in total. The number of hydrogen-bond donors (Lipinski definition) is 0. The quantitative estimate of drug-likeness (QED) is 0.172. The Balaban J connectivity index is 0.980. The summed E-state index contributed by atoms with van der Waals surface area (Å²) in [5.74, 6) is 1.93. The van der Waals surface area contributed by atoms with Gasteiger partial charge in [-0.15, -0.1) is 0 Å². The largest absolute Gasteiger partial charge is 0.456 e. The molecule has 11 rings (SSSR count). The number of rotatable bonds is 6. The van der Waals surface area contributed by atoms with Crippen molar-refractivity contribution in [3.05, 3.63) is 194 Å². The Morgan fingerprint density at radius 2 is 0.893 bits per heavy atom. The normalized spacial score (nSPS) is 11.6. The molecule has 0 radical (unpaired) electrons. The second kappa shape index (κ2) is 13.0. The van der Waals surface area contributed by atoms with Gasteiger partial charge in [0.25, 0.3) is 0 Å². The third-order valence-electron chi connectivity index (χ3n) is 10.7. The van der Waals surface area contributed by atoms with Gasteiger partial charge in [0.2, 0.25) is 0 Å². The monoisotopic (exact) mass is 716 g/mol. The molecule has 0 atom stereocenters. The summed E-state index contributed by atoms with van der Waals surface area (Å²) >= 11 is 0. The molecule has 0 saturated heterocycles. The number of fused-ring (bicyclic) bond motifs is 6. The first-order chi connectivity index (χ1) is 27.7. The fraction of sp³-hybridized carbons (Fsp3) is 0. The highest BCUT2D eigenvalue weighted by atomic mass is 16.3. The van der Waals surface area contributed by atoms with E-state index in [1.54, 1.807) is 0 Å². The van der Waals surface area contributed by atoms with Gasteiger partial charge >= 0.3 is 0 Å². The van der Waals surface area contributed by atoms with E-state index in [0.29, 0.717) is 17.5 Å². The van der Waals surface area contributed by atoms with Crippen LogP contribution >= 0.6 is 0 Å². The SMILES string of the molecule is c1ccc(-c2nc(-c3ccccc3)nc(-c3cccc(-c4ccc(-n5c6ccccc6c6cc(-c7cccc8oc9ccccc9c78)ccc65)cc4)c3)n2)cc1. The fourth-order valence-electron chi connectivity index (χ4n) is 8.01. The maximum Gasteiger partial charge on any atom is 0.164 e. The summed E-state index contributed by atoms with van der Waals surface area (Å²) in [6.07, 6.45) is 0. The maximum atomic E-state index is 6.23. The van der Waals surface area contributed by atoms with Gasteiger partial charge in [-0.2, -0.15) is 0 Å². The summed E-state index contributed by atoms with van der Waals surface area (Å²) in [7, 11) is 0. The van der Waals surface area contributed by atoms with Crippen molar-refractivity contribution in [2.45, 2.75) is 0 Å². The minimum atomic E-state index is 0.637. The van der Waals surface area contributed by atoms with Gasteiger partial charge in [-0.1, -0.05) is 146 Å². The van der Waals surface area contributed by atoms with Crippen molar-refractivity contribution in [3.63, 3.8) is 0 Å². The van der Waals surface area contributed by atoms with Crippen LogP contribution in [0.1, 0.15) is 0 Å². The van der Waals surface area contributed by atoms with Gasteiger partial charge in [-0.25, -0.2) is 15.0 Å². The van der Waals surface area contributed by atoms with E-state index in [-0.39, 0.29) is 0 Å². The maximum absolute atomic E-state index is 6.23. The summed E-state index contributed by atoms with van der Waals surface area (Å²) in [4.78, 5) is 14.8. The predicted molar refractivity (Wildman–Crippen MR) is 229 cm³/mol. The summed E-state index contributed by atoms with van der Waals surface area (Å²) in [5, 5.41) is 4.71. The number of nitrogens with zero attached hydrogens (tertiary/aromatic N) is 4. The highest BCUT2D eigenvalue weighted by Crippen LogP contribution is 2.40. The Labute approximate surface area is 322 Å². The van der Waals surface area contributed by atoms with E-state index in [9.17, 15) is 0 Å². The molecule has 0 aliphatic rings. The first-order valence-corrected chi connectivity index (χ1v) is 18.8. The van der Waals surface area contributed by atoms with Crippen LogP contribution in [0.2, 0.25) is 0 Å². The van der Waals surface area contributed by atoms with Crippen molar-refractivity contribution in [3.8, 4) is 62.1 Å². The van der Waals surface area contributed by atoms with Gasteiger partial charge in [0.1, 0.15) is 11.2 Å². The first kappa shape index (κ1) is 31.9. The van der Waals surface area contributed by atoms with Crippen LogP contribution in [-0.2, 0) is 0 Å². The molecule has 0 aliphatic carbocycles. The summed E-state index contributed by atoms with van der Waals surface area (Å²) in [6.45, 7) is 0. The van der Waals surface area contributed by atoms with E-state index >= 15 is 0 Å². The highest BCUT2D eigenvalue weighted by molar-refractivity contribution is 6.15. The molecule has 56 heavy (non-hydrogen) atoms. The lowest BCUT2D eigenvalue weighted by molar-refractivity contribution is 0.669. The lowest BCUT2D eigenvalue weighted by atomic mass is 9.98. The van der Waals surface area contributed by atoms with Crippen molar-refractivity contribution in [1.82, 2.24) is 19.5 Å². The molecule has 5 heteroatoms. The van der Waals surface area contributed by atoms with E-state index in [1.807, 2.05) is 72.8 Å². The van der Waals surface area contributed by atoms with Crippen LogP contribution in [0, 0.1) is 0 Å². The average molecular weight is 717 g/mol. The predicted octanol–water partition coefficient (Wildman–Crippen LogP) is 13.2. The minimum absolute atomic E-state index is 0.637. The summed E-state index contributed by atoms with van der Waals surface area (Å²) < 4.78 is 8.60. The van der Waals surface area contributed by atoms with Gasteiger partial charge in [0.05, 0.1) is 11.0 Å². The molecule has 8 aromatic carbocycles. The van der Waals surface area contributed by atoms with Crippen LogP contribution < -0.4 is 0 Å². The van der Waals surface area contributed by atoms with E-state index in [4.69, 9.17) is 19.4 Å². The first-order valence-electron chi connectivity index (χ1n) is 18.8. The Morgan fingerprint density at radius 3 is 1.64 bits per heavy atom. The number of para-hydroxylation sites is 2. The Bertz CT molecular complexity index is 3180. The van der Waals surface area contributed by atoms with Crippen LogP contribution in [0.15, 0.2) is 199 Å².